The molecular formula is C6H12NO2. The van der Waals surface area contributed by atoms with Gasteiger partial charge in [-0.25, -0.2) is 10.1 Å². The van der Waals surface area contributed by atoms with Gasteiger partial charge in [-0.15, -0.1) is 0 Å². The second-order valence-electron chi connectivity index (χ2n) is 2.14. The van der Waals surface area contributed by atoms with Gasteiger partial charge in [0.05, 0.1) is 0 Å². The van der Waals surface area contributed by atoms with Gasteiger partial charge in [0.25, 0.3) is 0 Å². The van der Waals surface area contributed by atoms with E-state index in [1.165, 1.54) is 0 Å². The van der Waals surface area contributed by atoms with Crippen molar-refractivity contribution in [2.75, 3.05) is 6.54 Å². The SMILES string of the molecule is CCC(C)C[N]C(=O)O. The van der Waals surface area contributed by atoms with Crippen LogP contribution < -0.4 is 5.32 Å². The zero-order valence-electron chi connectivity index (χ0n) is 5.79. The monoisotopic (exact) mass is 130 g/mol. The standard InChI is InChI=1S/C6H12NO2/c1-3-5(2)4-7-6(8)9/h5H,3-4H2,1-2H3,(H,8,9). The predicted molar refractivity (Wildman–Crippen MR) is 34.5 cm³/mol. The van der Waals surface area contributed by atoms with Gasteiger partial charge in [0, 0.05) is 6.54 Å². The van der Waals surface area contributed by atoms with Crippen molar-refractivity contribution in [2.45, 2.75) is 20.3 Å². The zero-order chi connectivity index (χ0) is 7.28. The summed E-state index contributed by atoms with van der Waals surface area (Å²) in [6, 6.07) is 0. The molecular weight excluding hydrogens is 118 g/mol. The maximum absolute atomic E-state index is 9.85. The molecule has 0 aromatic heterocycles. The quantitative estimate of drug-likeness (QED) is 0.626. The largest absolute Gasteiger partial charge is 0.464 e. The smallest absolute Gasteiger partial charge is 0.426 e. The summed E-state index contributed by atoms with van der Waals surface area (Å²) in [5, 5.41) is 11.4. The molecule has 1 amide bonds. The molecule has 0 fully saturated rings. The Bertz CT molecular complexity index is 93.1. The van der Waals surface area contributed by atoms with E-state index in [4.69, 9.17) is 5.11 Å². The molecule has 0 aromatic carbocycles. The molecule has 3 heteroatoms. The van der Waals surface area contributed by atoms with Crippen LogP contribution in [-0.2, 0) is 0 Å². The first-order valence-electron chi connectivity index (χ1n) is 3.07. The van der Waals surface area contributed by atoms with Crippen LogP contribution in [0.3, 0.4) is 0 Å². The highest BCUT2D eigenvalue weighted by atomic mass is 16.4. The van der Waals surface area contributed by atoms with Crippen molar-refractivity contribution in [2.24, 2.45) is 5.92 Å². The molecule has 0 aromatic rings. The van der Waals surface area contributed by atoms with Crippen molar-refractivity contribution >= 4 is 6.09 Å². The minimum absolute atomic E-state index is 0.390. The van der Waals surface area contributed by atoms with Gasteiger partial charge in [-0.05, 0) is 5.92 Å². The van der Waals surface area contributed by atoms with Gasteiger partial charge in [0.2, 0.25) is 0 Å². The van der Waals surface area contributed by atoms with Crippen LogP contribution in [0, 0.1) is 5.92 Å². The molecule has 0 saturated heterocycles. The topological polar surface area (TPSA) is 51.4 Å². The van der Waals surface area contributed by atoms with E-state index in [1.54, 1.807) is 0 Å². The van der Waals surface area contributed by atoms with Crippen LogP contribution in [0.2, 0.25) is 0 Å². The summed E-state index contributed by atoms with van der Waals surface area (Å²) in [6.07, 6.45) is -0.0770. The Morgan fingerprint density at radius 2 is 2.33 bits per heavy atom. The molecule has 0 aliphatic rings. The molecule has 0 heterocycles. The fourth-order valence-corrected chi connectivity index (χ4v) is 0.363. The lowest BCUT2D eigenvalue weighted by Crippen LogP contribution is -2.18. The minimum Gasteiger partial charge on any atom is -0.464 e. The molecule has 0 aliphatic heterocycles. The van der Waals surface area contributed by atoms with Gasteiger partial charge < -0.3 is 5.11 Å². The lowest BCUT2D eigenvalue weighted by atomic mass is 10.1. The summed E-state index contributed by atoms with van der Waals surface area (Å²) in [4.78, 5) is 9.85. The maximum Gasteiger partial charge on any atom is 0.426 e. The van der Waals surface area contributed by atoms with E-state index < -0.39 is 6.09 Å². The highest BCUT2D eigenvalue weighted by molar-refractivity contribution is 5.63. The average Bonchev–Trinajstić information content (AvgIpc) is 1.83. The Morgan fingerprint density at radius 3 is 2.67 bits per heavy atom. The van der Waals surface area contributed by atoms with E-state index in [2.05, 4.69) is 5.32 Å². The average molecular weight is 130 g/mol. The molecule has 53 valence electrons. The molecule has 1 N–H and O–H groups in total. The molecule has 1 unspecified atom stereocenters. The van der Waals surface area contributed by atoms with Crippen LogP contribution in [0.1, 0.15) is 20.3 Å². The third-order valence-corrected chi connectivity index (χ3v) is 1.24. The lowest BCUT2D eigenvalue weighted by molar-refractivity contribution is 0.191. The van der Waals surface area contributed by atoms with Gasteiger partial charge >= 0.3 is 6.09 Å². The Morgan fingerprint density at radius 1 is 1.78 bits per heavy atom. The highest BCUT2D eigenvalue weighted by Crippen LogP contribution is 1.97. The fourth-order valence-electron chi connectivity index (χ4n) is 0.363. The molecule has 0 bridgehead atoms. The van der Waals surface area contributed by atoms with Gasteiger partial charge in [0.15, 0.2) is 0 Å². The fraction of sp³-hybridized carbons (Fsp3) is 0.833. The van der Waals surface area contributed by atoms with Crippen molar-refractivity contribution < 1.29 is 9.90 Å². The van der Waals surface area contributed by atoms with Crippen molar-refractivity contribution in [1.29, 1.82) is 0 Å². The second kappa shape index (κ2) is 4.18. The van der Waals surface area contributed by atoms with Crippen molar-refractivity contribution in [3.05, 3.63) is 0 Å². The molecule has 3 nitrogen and oxygen atoms in total. The van der Waals surface area contributed by atoms with Crippen molar-refractivity contribution in [3.8, 4) is 0 Å². The molecule has 0 rings (SSSR count). The second-order valence-corrected chi connectivity index (χ2v) is 2.14. The van der Waals surface area contributed by atoms with Crippen LogP contribution in [-0.4, -0.2) is 17.7 Å². The summed E-state index contributed by atoms with van der Waals surface area (Å²) in [6.45, 7) is 4.43. The summed E-state index contributed by atoms with van der Waals surface area (Å²) >= 11 is 0. The first-order valence-corrected chi connectivity index (χ1v) is 3.07. The van der Waals surface area contributed by atoms with E-state index in [1.807, 2.05) is 13.8 Å². The highest BCUT2D eigenvalue weighted by Gasteiger charge is 2.01. The minimum atomic E-state index is -1.06. The Balaban J connectivity index is 3.16. The summed E-state index contributed by atoms with van der Waals surface area (Å²) in [5.74, 6) is 0.390. The van der Waals surface area contributed by atoms with Gasteiger partial charge in [-0.2, -0.15) is 0 Å². The number of carbonyl (C=O) groups is 1. The third-order valence-electron chi connectivity index (χ3n) is 1.24. The molecule has 1 atom stereocenters. The Labute approximate surface area is 55.1 Å². The molecule has 0 aliphatic carbocycles. The third kappa shape index (κ3) is 5.14. The maximum atomic E-state index is 9.85. The zero-order valence-corrected chi connectivity index (χ0v) is 5.79. The number of nitrogens with zero attached hydrogens (tertiary/aromatic N) is 1. The number of rotatable bonds is 3. The van der Waals surface area contributed by atoms with Gasteiger partial charge in [-0.3, -0.25) is 0 Å². The predicted octanol–water partition coefficient (Wildman–Crippen LogP) is 1.31. The summed E-state index contributed by atoms with van der Waals surface area (Å²) in [5.41, 5.74) is 0. The summed E-state index contributed by atoms with van der Waals surface area (Å²) < 4.78 is 0. The lowest BCUT2D eigenvalue weighted by Gasteiger charge is -2.03. The van der Waals surface area contributed by atoms with Crippen LogP contribution >= 0.6 is 0 Å². The van der Waals surface area contributed by atoms with Gasteiger partial charge in [0.1, 0.15) is 0 Å². The molecule has 0 saturated carbocycles. The van der Waals surface area contributed by atoms with Crippen LogP contribution in [0.25, 0.3) is 0 Å². The first kappa shape index (κ1) is 8.27. The van der Waals surface area contributed by atoms with E-state index in [9.17, 15) is 4.79 Å². The van der Waals surface area contributed by atoms with Crippen molar-refractivity contribution in [1.82, 2.24) is 5.32 Å². The normalized spacial score (nSPS) is 12.7. The molecule has 9 heavy (non-hydrogen) atoms. The van der Waals surface area contributed by atoms with Crippen LogP contribution in [0.15, 0.2) is 0 Å². The van der Waals surface area contributed by atoms with E-state index in [-0.39, 0.29) is 0 Å². The Hall–Kier alpha value is -0.730. The van der Waals surface area contributed by atoms with Crippen LogP contribution in [0.5, 0.6) is 0 Å². The van der Waals surface area contributed by atoms with Gasteiger partial charge in [-0.1, -0.05) is 20.3 Å². The summed E-state index contributed by atoms with van der Waals surface area (Å²) in [7, 11) is 0. The first-order chi connectivity index (χ1) is 4.16. The number of hydrogen-bond donors (Lipinski definition) is 1. The molecule has 0 spiro atoms. The number of carboxylic acid groups (broad SMARTS) is 1. The van der Waals surface area contributed by atoms with E-state index >= 15 is 0 Å². The van der Waals surface area contributed by atoms with Crippen molar-refractivity contribution in [3.63, 3.8) is 0 Å². The Kier molecular flexibility index (Phi) is 3.84. The van der Waals surface area contributed by atoms with E-state index in [0.717, 1.165) is 6.42 Å². The number of amides is 1. The number of hydrogen-bond acceptors (Lipinski definition) is 1. The van der Waals surface area contributed by atoms with Crippen LogP contribution in [0.4, 0.5) is 4.79 Å². The van der Waals surface area contributed by atoms with E-state index in [0.29, 0.717) is 12.5 Å². The molecule has 1 radical (unpaired) electrons.